The predicted molar refractivity (Wildman–Crippen MR) is 56.0 cm³/mol. The van der Waals surface area contributed by atoms with Crippen molar-refractivity contribution in [3.63, 3.8) is 0 Å². The van der Waals surface area contributed by atoms with E-state index in [0.717, 1.165) is 12.3 Å². The normalized spacial score (nSPS) is 24.2. The molecule has 2 N–H and O–H groups in total. The van der Waals surface area contributed by atoms with Crippen LogP contribution in [0.15, 0.2) is 18.3 Å². The average molecular weight is 260 g/mol. The molecule has 1 aliphatic rings. The molecule has 0 aliphatic carbocycles. The Labute approximate surface area is 101 Å². The SMILES string of the molecule is O=C(O)C1CNCC1c1ccc(C(F)(F)F)cn1. The smallest absolute Gasteiger partial charge is 0.417 e. The third kappa shape index (κ3) is 2.45. The lowest BCUT2D eigenvalue weighted by atomic mass is 9.92. The van der Waals surface area contributed by atoms with Gasteiger partial charge in [-0.05, 0) is 12.1 Å². The molecule has 0 bridgehead atoms. The highest BCUT2D eigenvalue weighted by Gasteiger charge is 2.36. The zero-order valence-corrected chi connectivity index (χ0v) is 9.24. The van der Waals surface area contributed by atoms with E-state index in [4.69, 9.17) is 5.11 Å². The molecular formula is C11H11F3N2O2. The molecule has 0 amide bonds. The largest absolute Gasteiger partial charge is 0.481 e. The van der Waals surface area contributed by atoms with Crippen LogP contribution in [-0.4, -0.2) is 29.1 Å². The molecule has 0 aromatic carbocycles. The third-order valence-corrected chi connectivity index (χ3v) is 3.02. The summed E-state index contributed by atoms with van der Waals surface area (Å²) in [5.41, 5.74) is -0.454. The molecule has 1 fully saturated rings. The lowest BCUT2D eigenvalue weighted by molar-refractivity contribution is -0.141. The van der Waals surface area contributed by atoms with Gasteiger partial charge in [-0.1, -0.05) is 0 Å². The molecular weight excluding hydrogens is 249 g/mol. The van der Waals surface area contributed by atoms with Crippen molar-refractivity contribution < 1.29 is 23.1 Å². The first kappa shape index (κ1) is 12.8. The van der Waals surface area contributed by atoms with Crippen LogP contribution in [0.25, 0.3) is 0 Å². The van der Waals surface area contributed by atoms with E-state index in [-0.39, 0.29) is 5.92 Å². The fraction of sp³-hybridized carbons (Fsp3) is 0.455. The lowest BCUT2D eigenvalue weighted by Gasteiger charge is -2.14. The molecule has 2 unspecified atom stereocenters. The van der Waals surface area contributed by atoms with E-state index in [1.807, 2.05) is 0 Å². The first-order chi connectivity index (χ1) is 8.39. The summed E-state index contributed by atoms with van der Waals surface area (Å²) < 4.78 is 37.1. The van der Waals surface area contributed by atoms with Crippen molar-refractivity contribution in [3.8, 4) is 0 Å². The minimum Gasteiger partial charge on any atom is -0.481 e. The summed E-state index contributed by atoms with van der Waals surface area (Å²) >= 11 is 0. The standard InChI is InChI=1S/C11H11F3N2O2/c12-11(13,14)6-1-2-9(16-3-6)7-4-15-5-8(7)10(17)18/h1-3,7-8,15H,4-5H2,(H,17,18). The molecule has 1 aromatic heterocycles. The van der Waals surface area contributed by atoms with Crippen LogP contribution in [0.1, 0.15) is 17.2 Å². The zero-order chi connectivity index (χ0) is 13.3. The highest BCUT2D eigenvalue weighted by atomic mass is 19.4. The van der Waals surface area contributed by atoms with E-state index in [0.29, 0.717) is 18.8 Å². The van der Waals surface area contributed by atoms with Crippen LogP contribution >= 0.6 is 0 Å². The molecule has 2 rings (SSSR count). The van der Waals surface area contributed by atoms with Crippen LogP contribution in [0, 0.1) is 5.92 Å². The van der Waals surface area contributed by atoms with Gasteiger partial charge in [0.25, 0.3) is 0 Å². The van der Waals surface area contributed by atoms with Crippen molar-refractivity contribution in [2.75, 3.05) is 13.1 Å². The summed E-state index contributed by atoms with van der Waals surface area (Å²) in [7, 11) is 0. The highest BCUT2D eigenvalue weighted by molar-refractivity contribution is 5.72. The molecule has 1 aliphatic heterocycles. The first-order valence-electron chi connectivity index (χ1n) is 5.36. The second kappa shape index (κ2) is 4.56. The van der Waals surface area contributed by atoms with E-state index >= 15 is 0 Å². The maximum absolute atomic E-state index is 12.4. The van der Waals surface area contributed by atoms with Crippen molar-refractivity contribution in [2.45, 2.75) is 12.1 Å². The zero-order valence-electron chi connectivity index (χ0n) is 9.24. The van der Waals surface area contributed by atoms with Gasteiger partial charge in [-0.25, -0.2) is 0 Å². The van der Waals surface area contributed by atoms with Crippen LogP contribution < -0.4 is 5.32 Å². The topological polar surface area (TPSA) is 62.2 Å². The maximum Gasteiger partial charge on any atom is 0.417 e. The Morgan fingerprint density at radius 3 is 2.61 bits per heavy atom. The Bertz CT molecular complexity index is 445. The summed E-state index contributed by atoms with van der Waals surface area (Å²) in [5.74, 6) is -1.99. The van der Waals surface area contributed by atoms with Crippen molar-refractivity contribution in [1.82, 2.24) is 10.3 Å². The number of pyridine rings is 1. The van der Waals surface area contributed by atoms with Crippen LogP contribution in [0.2, 0.25) is 0 Å². The van der Waals surface area contributed by atoms with Gasteiger partial charge in [0, 0.05) is 30.9 Å². The quantitative estimate of drug-likeness (QED) is 0.845. The van der Waals surface area contributed by atoms with Gasteiger partial charge in [-0.15, -0.1) is 0 Å². The second-order valence-electron chi connectivity index (χ2n) is 4.18. The molecule has 2 heterocycles. The molecule has 1 aromatic rings. The number of aromatic nitrogens is 1. The number of aliphatic carboxylic acids is 1. The summed E-state index contributed by atoms with van der Waals surface area (Å²) in [6, 6.07) is 2.18. The molecule has 0 saturated carbocycles. The van der Waals surface area contributed by atoms with Crippen molar-refractivity contribution >= 4 is 5.97 Å². The monoisotopic (exact) mass is 260 g/mol. The highest BCUT2D eigenvalue weighted by Crippen LogP contribution is 2.31. The summed E-state index contributed by atoms with van der Waals surface area (Å²) in [4.78, 5) is 14.7. The lowest BCUT2D eigenvalue weighted by Crippen LogP contribution is -2.21. The summed E-state index contributed by atoms with van der Waals surface area (Å²) in [6.45, 7) is 0.720. The molecule has 98 valence electrons. The summed E-state index contributed by atoms with van der Waals surface area (Å²) in [6.07, 6.45) is -3.68. The second-order valence-corrected chi connectivity index (χ2v) is 4.18. The number of hydrogen-bond donors (Lipinski definition) is 2. The molecule has 7 heteroatoms. The molecule has 0 spiro atoms. The van der Waals surface area contributed by atoms with Gasteiger partial charge in [0.2, 0.25) is 0 Å². The Morgan fingerprint density at radius 2 is 2.11 bits per heavy atom. The first-order valence-corrected chi connectivity index (χ1v) is 5.36. The Kier molecular flexibility index (Phi) is 3.25. The van der Waals surface area contributed by atoms with E-state index in [1.165, 1.54) is 6.07 Å². The number of hydrogen-bond acceptors (Lipinski definition) is 3. The number of carboxylic acids is 1. The Hall–Kier alpha value is -1.63. The van der Waals surface area contributed by atoms with Crippen LogP contribution in [-0.2, 0) is 11.0 Å². The van der Waals surface area contributed by atoms with Gasteiger partial charge in [0.15, 0.2) is 0 Å². The van der Waals surface area contributed by atoms with Gasteiger partial charge in [-0.3, -0.25) is 9.78 Å². The van der Waals surface area contributed by atoms with Crippen molar-refractivity contribution in [2.24, 2.45) is 5.92 Å². The molecule has 18 heavy (non-hydrogen) atoms. The molecule has 1 saturated heterocycles. The fourth-order valence-electron chi connectivity index (χ4n) is 2.04. The van der Waals surface area contributed by atoms with E-state index in [1.54, 1.807) is 0 Å². The minimum absolute atomic E-state index is 0.308. The van der Waals surface area contributed by atoms with Crippen LogP contribution in [0.5, 0.6) is 0 Å². The average Bonchev–Trinajstić information content (AvgIpc) is 2.77. The molecule has 4 nitrogen and oxygen atoms in total. The number of rotatable bonds is 2. The van der Waals surface area contributed by atoms with E-state index in [2.05, 4.69) is 10.3 Å². The van der Waals surface area contributed by atoms with Crippen molar-refractivity contribution in [1.29, 1.82) is 0 Å². The van der Waals surface area contributed by atoms with E-state index < -0.39 is 23.6 Å². The predicted octanol–water partition coefficient (Wildman–Crippen LogP) is 1.49. The fourth-order valence-corrected chi connectivity index (χ4v) is 2.04. The summed E-state index contributed by atoms with van der Waals surface area (Å²) in [5, 5.41) is 11.9. The third-order valence-electron chi connectivity index (χ3n) is 3.02. The Morgan fingerprint density at radius 1 is 1.39 bits per heavy atom. The number of nitrogens with one attached hydrogen (secondary N) is 1. The van der Waals surface area contributed by atoms with E-state index in [9.17, 15) is 18.0 Å². The number of alkyl halides is 3. The Balaban J connectivity index is 2.22. The van der Waals surface area contributed by atoms with Gasteiger partial charge < -0.3 is 10.4 Å². The molecule has 0 radical (unpaired) electrons. The molecule has 2 atom stereocenters. The van der Waals surface area contributed by atoms with Gasteiger partial charge in [0.05, 0.1) is 11.5 Å². The maximum atomic E-state index is 12.4. The van der Waals surface area contributed by atoms with Gasteiger partial charge in [-0.2, -0.15) is 13.2 Å². The number of halogens is 3. The van der Waals surface area contributed by atoms with Crippen LogP contribution in [0.4, 0.5) is 13.2 Å². The van der Waals surface area contributed by atoms with Crippen LogP contribution in [0.3, 0.4) is 0 Å². The van der Waals surface area contributed by atoms with Gasteiger partial charge >= 0.3 is 12.1 Å². The van der Waals surface area contributed by atoms with Crippen molar-refractivity contribution in [3.05, 3.63) is 29.6 Å². The number of nitrogens with zero attached hydrogens (tertiary/aromatic N) is 1. The minimum atomic E-state index is -4.42. The number of carbonyl (C=O) groups is 1. The van der Waals surface area contributed by atoms with Gasteiger partial charge in [0.1, 0.15) is 0 Å². The number of carboxylic acid groups (broad SMARTS) is 1.